The monoisotopic (exact) mass is 467 g/mol. The average Bonchev–Trinajstić information content (AvgIpc) is 2.78. The van der Waals surface area contributed by atoms with E-state index in [1.54, 1.807) is 12.1 Å². The number of piperazine rings is 1. The largest absolute Gasteiger partial charge is 0.494 e. The van der Waals surface area contributed by atoms with E-state index in [4.69, 9.17) is 9.47 Å². The van der Waals surface area contributed by atoms with Gasteiger partial charge in [0.05, 0.1) is 16.4 Å². The Labute approximate surface area is 184 Å². The molecule has 1 saturated heterocycles. The van der Waals surface area contributed by atoms with E-state index in [1.165, 1.54) is 27.4 Å². The van der Waals surface area contributed by atoms with Crippen LogP contribution < -0.4 is 9.47 Å². The lowest BCUT2D eigenvalue weighted by atomic mass is 10.3. The van der Waals surface area contributed by atoms with Gasteiger partial charge in [0.2, 0.25) is 15.8 Å². The van der Waals surface area contributed by atoms with E-state index >= 15 is 0 Å². The molecule has 0 spiro atoms. The molecule has 1 aliphatic rings. The van der Waals surface area contributed by atoms with Crippen LogP contribution in [0, 0.1) is 15.9 Å². The van der Waals surface area contributed by atoms with Gasteiger partial charge in [-0.3, -0.25) is 14.9 Å². The molecule has 32 heavy (non-hydrogen) atoms. The maximum Gasteiger partial charge on any atom is 0.305 e. The minimum absolute atomic E-state index is 0.0156. The molecule has 2 aromatic rings. The molecule has 1 heterocycles. The maximum atomic E-state index is 13.6. The summed E-state index contributed by atoms with van der Waals surface area (Å²) in [6.45, 7) is 2.50. The van der Waals surface area contributed by atoms with Gasteiger partial charge in [0, 0.05) is 38.3 Å². The van der Waals surface area contributed by atoms with Gasteiger partial charge in [-0.1, -0.05) is 0 Å². The van der Waals surface area contributed by atoms with E-state index in [0.29, 0.717) is 12.4 Å². The zero-order valence-corrected chi connectivity index (χ0v) is 18.1. The first kappa shape index (κ1) is 23.4. The van der Waals surface area contributed by atoms with Crippen LogP contribution in [0.5, 0.6) is 11.5 Å². The van der Waals surface area contributed by atoms with E-state index in [1.807, 2.05) is 6.92 Å². The third-order valence-corrected chi connectivity index (χ3v) is 6.75. The number of carbonyl (C=O) groups is 1. The molecule has 10 nitrogen and oxygen atoms in total. The van der Waals surface area contributed by atoms with Crippen LogP contribution in [0.1, 0.15) is 6.92 Å². The number of sulfonamides is 1. The number of nitrogens with zero attached hydrogens (tertiary/aromatic N) is 3. The molecule has 0 aliphatic carbocycles. The molecule has 1 fully saturated rings. The van der Waals surface area contributed by atoms with Crippen LogP contribution in [0.3, 0.4) is 0 Å². The van der Waals surface area contributed by atoms with E-state index in [2.05, 4.69) is 0 Å². The van der Waals surface area contributed by atoms with Crippen LogP contribution in [-0.4, -0.2) is 67.8 Å². The summed E-state index contributed by atoms with van der Waals surface area (Å²) in [7, 11) is -3.70. The van der Waals surface area contributed by atoms with Gasteiger partial charge in [0.15, 0.2) is 6.61 Å². The minimum Gasteiger partial charge on any atom is -0.494 e. The van der Waals surface area contributed by atoms with Gasteiger partial charge in [-0.25, -0.2) is 8.42 Å². The van der Waals surface area contributed by atoms with Crippen molar-refractivity contribution >= 4 is 21.6 Å². The highest BCUT2D eigenvalue weighted by Crippen LogP contribution is 2.23. The van der Waals surface area contributed by atoms with Crippen LogP contribution >= 0.6 is 0 Å². The van der Waals surface area contributed by atoms with Crippen molar-refractivity contribution in [1.29, 1.82) is 0 Å². The second-order valence-electron chi connectivity index (χ2n) is 6.85. The molecular weight excluding hydrogens is 445 g/mol. The van der Waals surface area contributed by atoms with Crippen LogP contribution in [-0.2, 0) is 14.8 Å². The number of carbonyl (C=O) groups excluding carboxylic acids is 1. The van der Waals surface area contributed by atoms with Crippen LogP contribution in [0.25, 0.3) is 0 Å². The number of hydrogen-bond donors (Lipinski definition) is 0. The Morgan fingerprint density at radius 2 is 1.69 bits per heavy atom. The molecule has 0 radical (unpaired) electrons. The second-order valence-corrected chi connectivity index (χ2v) is 8.79. The molecule has 0 N–H and O–H groups in total. The fraction of sp³-hybridized carbons (Fsp3) is 0.350. The van der Waals surface area contributed by atoms with E-state index in [0.717, 1.165) is 12.1 Å². The van der Waals surface area contributed by atoms with E-state index in [-0.39, 0.29) is 36.8 Å². The van der Waals surface area contributed by atoms with Gasteiger partial charge in [-0.2, -0.15) is 8.70 Å². The molecule has 0 aromatic heterocycles. The molecule has 0 bridgehead atoms. The van der Waals surface area contributed by atoms with Crippen molar-refractivity contribution in [1.82, 2.24) is 9.21 Å². The van der Waals surface area contributed by atoms with Gasteiger partial charge in [0.25, 0.3) is 5.91 Å². The molecule has 172 valence electrons. The minimum atomic E-state index is -3.70. The average molecular weight is 467 g/mol. The van der Waals surface area contributed by atoms with Gasteiger partial charge in [-0.05, 0) is 37.3 Å². The Hall–Kier alpha value is -3.25. The number of hydrogen-bond acceptors (Lipinski definition) is 7. The lowest BCUT2D eigenvalue weighted by molar-refractivity contribution is -0.387. The van der Waals surface area contributed by atoms with Crippen molar-refractivity contribution in [2.75, 3.05) is 39.4 Å². The highest BCUT2D eigenvalue weighted by atomic mass is 32.2. The predicted molar refractivity (Wildman–Crippen MR) is 111 cm³/mol. The first-order valence-corrected chi connectivity index (χ1v) is 11.2. The molecule has 0 atom stereocenters. The number of nitro groups is 1. The van der Waals surface area contributed by atoms with Crippen molar-refractivity contribution in [2.45, 2.75) is 11.8 Å². The smallest absolute Gasteiger partial charge is 0.305 e. The summed E-state index contributed by atoms with van der Waals surface area (Å²) in [5.41, 5.74) is -0.687. The maximum absolute atomic E-state index is 13.6. The van der Waals surface area contributed by atoms with Crippen LogP contribution in [0.15, 0.2) is 47.4 Å². The fourth-order valence-corrected chi connectivity index (χ4v) is 4.59. The lowest BCUT2D eigenvalue weighted by Gasteiger charge is -2.34. The highest BCUT2D eigenvalue weighted by molar-refractivity contribution is 7.89. The van der Waals surface area contributed by atoms with Gasteiger partial charge in [-0.15, -0.1) is 0 Å². The Morgan fingerprint density at radius 1 is 1.06 bits per heavy atom. The highest BCUT2D eigenvalue weighted by Gasteiger charge is 2.30. The van der Waals surface area contributed by atoms with Gasteiger partial charge < -0.3 is 14.4 Å². The second kappa shape index (κ2) is 9.92. The van der Waals surface area contributed by atoms with Crippen molar-refractivity contribution in [3.63, 3.8) is 0 Å². The molecule has 2 aromatic carbocycles. The number of benzene rings is 2. The van der Waals surface area contributed by atoms with Crippen LogP contribution in [0.4, 0.5) is 10.1 Å². The first-order valence-electron chi connectivity index (χ1n) is 9.80. The van der Waals surface area contributed by atoms with E-state index in [9.17, 15) is 27.7 Å². The number of amides is 1. The Morgan fingerprint density at radius 3 is 2.25 bits per heavy atom. The van der Waals surface area contributed by atoms with Crippen molar-refractivity contribution in [2.24, 2.45) is 0 Å². The SMILES string of the molecule is CCOc1ccc(S(=O)(=O)N2CCN(C(=O)COc3ccc([N+](=O)[O-])c(F)c3)CC2)cc1. The molecular formula is C20H22FN3O7S. The zero-order chi connectivity index (χ0) is 23.3. The van der Waals surface area contributed by atoms with E-state index < -0.39 is 39.0 Å². The molecule has 3 rings (SSSR count). The lowest BCUT2D eigenvalue weighted by Crippen LogP contribution is -2.51. The Bertz CT molecular complexity index is 1080. The Kier molecular flexibility index (Phi) is 7.26. The summed E-state index contributed by atoms with van der Waals surface area (Å²) < 4.78 is 51.2. The molecule has 12 heteroatoms. The third-order valence-electron chi connectivity index (χ3n) is 4.84. The quantitative estimate of drug-likeness (QED) is 0.430. The Balaban J connectivity index is 1.54. The first-order chi connectivity index (χ1) is 15.2. The summed E-state index contributed by atoms with van der Waals surface area (Å²) in [5, 5.41) is 10.6. The molecule has 1 amide bonds. The number of halogens is 1. The third kappa shape index (κ3) is 5.32. The van der Waals surface area contributed by atoms with Crippen molar-refractivity contribution in [3.05, 3.63) is 58.4 Å². The van der Waals surface area contributed by atoms with Crippen molar-refractivity contribution < 1.29 is 32.0 Å². The number of ether oxygens (including phenoxy) is 2. The summed E-state index contributed by atoms with van der Waals surface area (Å²) in [5.74, 6) is -0.900. The molecule has 0 saturated carbocycles. The zero-order valence-electron chi connectivity index (χ0n) is 17.3. The number of nitro benzene ring substituents is 1. The predicted octanol–water partition coefficient (Wildman–Crippen LogP) is 2.04. The standard InChI is InChI=1S/C20H22FN3O7S/c1-2-30-15-3-6-17(7-4-15)32(28,29)23-11-9-22(10-12-23)20(25)14-31-16-5-8-19(24(26)27)18(21)13-16/h3-8,13H,2,9-12,14H2,1H3. The molecule has 1 aliphatic heterocycles. The summed E-state index contributed by atoms with van der Waals surface area (Å²) >= 11 is 0. The summed E-state index contributed by atoms with van der Waals surface area (Å²) in [4.78, 5) is 23.8. The summed E-state index contributed by atoms with van der Waals surface area (Å²) in [6.07, 6.45) is 0. The van der Waals surface area contributed by atoms with Crippen LogP contribution in [0.2, 0.25) is 0 Å². The van der Waals surface area contributed by atoms with Gasteiger partial charge >= 0.3 is 5.69 Å². The summed E-state index contributed by atoms with van der Waals surface area (Å²) in [6, 6.07) is 9.15. The van der Waals surface area contributed by atoms with Crippen molar-refractivity contribution in [3.8, 4) is 11.5 Å². The topological polar surface area (TPSA) is 119 Å². The van der Waals surface area contributed by atoms with Gasteiger partial charge in [0.1, 0.15) is 11.5 Å². The number of rotatable bonds is 8. The molecule has 0 unspecified atom stereocenters. The fourth-order valence-electron chi connectivity index (χ4n) is 3.16. The normalized spacial score (nSPS) is 14.8.